The van der Waals surface area contributed by atoms with Crippen LogP contribution >= 0.6 is 11.6 Å². The molecule has 3 aromatic carbocycles. The zero-order chi connectivity index (χ0) is 20.2. The van der Waals surface area contributed by atoms with Gasteiger partial charge in [-0.05, 0) is 59.9 Å². The van der Waals surface area contributed by atoms with E-state index in [1.807, 2.05) is 37.3 Å². The second-order valence-electron chi connectivity index (χ2n) is 7.30. The van der Waals surface area contributed by atoms with Crippen LogP contribution in [0.1, 0.15) is 22.3 Å². The molecule has 0 bridgehead atoms. The van der Waals surface area contributed by atoms with E-state index >= 15 is 0 Å². The molecule has 0 saturated carbocycles. The van der Waals surface area contributed by atoms with Gasteiger partial charge in [0.15, 0.2) is 5.96 Å². The summed E-state index contributed by atoms with van der Waals surface area (Å²) < 4.78 is 0. The molecule has 0 aliphatic carbocycles. The Morgan fingerprint density at radius 1 is 1.07 bits per heavy atom. The van der Waals surface area contributed by atoms with Crippen LogP contribution in [0, 0.1) is 6.92 Å². The molecule has 29 heavy (non-hydrogen) atoms. The number of nitrogens with one attached hydrogen (secondary N) is 1. The third-order valence-electron chi connectivity index (χ3n) is 5.24. The average Bonchev–Trinajstić information content (AvgIpc) is 2.73. The number of anilines is 1. The Labute approximate surface area is 176 Å². The minimum atomic E-state index is 0.259. The Kier molecular flexibility index (Phi) is 5.72. The maximum Gasteiger partial charge on any atom is 0.199 e. The molecule has 148 valence electrons. The Hall–Kier alpha value is -2.98. The van der Waals surface area contributed by atoms with Crippen LogP contribution in [0.5, 0.6) is 5.75 Å². The van der Waals surface area contributed by atoms with E-state index in [0.717, 1.165) is 47.3 Å². The van der Waals surface area contributed by atoms with Gasteiger partial charge in [0.1, 0.15) is 5.75 Å². The number of aliphatic imine (C=N–C) groups is 1. The molecule has 0 radical (unpaired) electrons. The second kappa shape index (κ2) is 8.58. The van der Waals surface area contributed by atoms with Crippen molar-refractivity contribution in [3.05, 3.63) is 94.0 Å². The first-order valence-electron chi connectivity index (χ1n) is 9.76. The Bertz CT molecular complexity index is 1050. The lowest BCUT2D eigenvalue weighted by atomic mass is 10.0. The van der Waals surface area contributed by atoms with E-state index in [-0.39, 0.29) is 5.75 Å². The molecule has 0 fully saturated rings. The van der Waals surface area contributed by atoms with Crippen molar-refractivity contribution in [2.24, 2.45) is 4.99 Å². The molecule has 1 heterocycles. The predicted octanol–water partition coefficient (Wildman–Crippen LogP) is 5.38. The number of benzene rings is 3. The summed E-state index contributed by atoms with van der Waals surface area (Å²) in [7, 11) is 0. The average molecular weight is 406 g/mol. The molecule has 0 amide bonds. The highest BCUT2D eigenvalue weighted by Crippen LogP contribution is 2.24. The largest absolute Gasteiger partial charge is 0.508 e. The summed E-state index contributed by atoms with van der Waals surface area (Å²) >= 11 is 6.33. The highest BCUT2D eigenvalue weighted by Gasteiger charge is 2.20. The molecule has 5 heteroatoms. The van der Waals surface area contributed by atoms with Gasteiger partial charge in [-0.2, -0.15) is 0 Å². The van der Waals surface area contributed by atoms with Gasteiger partial charge in [-0.1, -0.05) is 54.1 Å². The van der Waals surface area contributed by atoms with Crippen molar-refractivity contribution in [1.82, 2.24) is 4.90 Å². The van der Waals surface area contributed by atoms with Crippen molar-refractivity contribution in [2.45, 2.75) is 26.4 Å². The van der Waals surface area contributed by atoms with E-state index in [1.54, 1.807) is 12.1 Å². The van der Waals surface area contributed by atoms with E-state index in [4.69, 9.17) is 16.6 Å². The highest BCUT2D eigenvalue weighted by molar-refractivity contribution is 6.31. The van der Waals surface area contributed by atoms with Gasteiger partial charge >= 0.3 is 0 Å². The number of aromatic hydroxyl groups is 1. The van der Waals surface area contributed by atoms with Crippen LogP contribution in [0.25, 0.3) is 0 Å². The van der Waals surface area contributed by atoms with Gasteiger partial charge in [0.05, 0.1) is 6.54 Å². The number of hydrogen-bond donors (Lipinski definition) is 2. The first kappa shape index (κ1) is 19.3. The lowest BCUT2D eigenvalue weighted by molar-refractivity contribution is 0.391. The normalized spacial score (nSPS) is 13.9. The van der Waals surface area contributed by atoms with Crippen LogP contribution in [0.4, 0.5) is 5.69 Å². The van der Waals surface area contributed by atoms with Crippen molar-refractivity contribution in [3.63, 3.8) is 0 Å². The van der Waals surface area contributed by atoms with Crippen LogP contribution in [0.2, 0.25) is 5.02 Å². The third kappa shape index (κ3) is 4.54. The Balaban J connectivity index is 1.63. The standard InChI is InChI=1S/C24H24ClN3O/c1-17-14-21(29)10-11-23(17)27-24(26-15-19-7-4-5-9-22(19)25)28-13-12-18-6-2-3-8-20(18)16-28/h2-11,14,29H,12-13,15-16H2,1H3,(H,26,27). The summed E-state index contributed by atoms with van der Waals surface area (Å²) in [4.78, 5) is 7.16. The number of fused-ring (bicyclic) bond motifs is 1. The van der Waals surface area contributed by atoms with Crippen molar-refractivity contribution >= 4 is 23.2 Å². The van der Waals surface area contributed by atoms with Gasteiger partial charge in [0, 0.05) is 23.8 Å². The number of nitrogens with zero attached hydrogens (tertiary/aromatic N) is 2. The van der Waals surface area contributed by atoms with E-state index in [9.17, 15) is 5.11 Å². The number of halogens is 1. The fraction of sp³-hybridized carbons (Fsp3) is 0.208. The number of aryl methyl sites for hydroxylation is 1. The van der Waals surface area contributed by atoms with Gasteiger partial charge in [-0.3, -0.25) is 0 Å². The number of guanidine groups is 1. The molecular formula is C24H24ClN3O. The quantitative estimate of drug-likeness (QED) is 0.349. The van der Waals surface area contributed by atoms with Crippen LogP contribution in [0.15, 0.2) is 71.7 Å². The maximum absolute atomic E-state index is 9.73. The SMILES string of the molecule is Cc1cc(O)ccc1NC(=NCc1ccccc1Cl)N1CCc2ccccc2C1. The van der Waals surface area contributed by atoms with E-state index in [1.165, 1.54) is 11.1 Å². The summed E-state index contributed by atoms with van der Waals surface area (Å²) in [6.45, 7) is 4.17. The van der Waals surface area contributed by atoms with Crippen molar-refractivity contribution in [2.75, 3.05) is 11.9 Å². The second-order valence-corrected chi connectivity index (χ2v) is 7.70. The summed E-state index contributed by atoms with van der Waals surface area (Å²) in [6, 6.07) is 21.7. The van der Waals surface area contributed by atoms with E-state index in [2.05, 4.69) is 34.5 Å². The lowest BCUT2D eigenvalue weighted by Crippen LogP contribution is -2.40. The molecule has 1 aliphatic rings. The van der Waals surface area contributed by atoms with Crippen LogP contribution < -0.4 is 5.32 Å². The van der Waals surface area contributed by atoms with Crippen LogP contribution in [-0.2, 0) is 19.5 Å². The molecule has 0 aromatic heterocycles. The van der Waals surface area contributed by atoms with E-state index in [0.29, 0.717) is 6.54 Å². The molecule has 2 N–H and O–H groups in total. The molecule has 4 rings (SSSR count). The topological polar surface area (TPSA) is 47.9 Å². The molecule has 4 nitrogen and oxygen atoms in total. The molecule has 0 unspecified atom stereocenters. The summed E-state index contributed by atoms with van der Waals surface area (Å²) in [6.07, 6.45) is 0.984. The van der Waals surface area contributed by atoms with Gasteiger partial charge in [-0.15, -0.1) is 0 Å². The Morgan fingerprint density at radius 2 is 1.83 bits per heavy atom. The van der Waals surface area contributed by atoms with Crippen molar-refractivity contribution < 1.29 is 5.11 Å². The molecule has 1 aliphatic heterocycles. The molecular weight excluding hydrogens is 382 g/mol. The van der Waals surface area contributed by atoms with Crippen molar-refractivity contribution in [3.8, 4) is 5.75 Å². The monoisotopic (exact) mass is 405 g/mol. The zero-order valence-corrected chi connectivity index (χ0v) is 17.2. The van der Waals surface area contributed by atoms with Gasteiger partial charge in [0.25, 0.3) is 0 Å². The number of hydrogen-bond acceptors (Lipinski definition) is 2. The van der Waals surface area contributed by atoms with Gasteiger partial charge in [0.2, 0.25) is 0 Å². The van der Waals surface area contributed by atoms with Gasteiger partial charge < -0.3 is 15.3 Å². The van der Waals surface area contributed by atoms with Gasteiger partial charge in [-0.25, -0.2) is 4.99 Å². The molecule has 3 aromatic rings. The Morgan fingerprint density at radius 3 is 2.62 bits per heavy atom. The number of phenolic OH excluding ortho intramolecular Hbond substituents is 1. The fourth-order valence-electron chi connectivity index (χ4n) is 3.59. The predicted molar refractivity (Wildman–Crippen MR) is 120 cm³/mol. The number of rotatable bonds is 3. The minimum Gasteiger partial charge on any atom is -0.508 e. The first-order valence-corrected chi connectivity index (χ1v) is 10.1. The van der Waals surface area contributed by atoms with Crippen LogP contribution in [-0.4, -0.2) is 22.5 Å². The van der Waals surface area contributed by atoms with E-state index < -0.39 is 0 Å². The molecule has 0 saturated heterocycles. The fourth-order valence-corrected chi connectivity index (χ4v) is 3.79. The first-order chi connectivity index (χ1) is 14.1. The summed E-state index contributed by atoms with van der Waals surface area (Å²) in [5.41, 5.74) is 5.61. The third-order valence-corrected chi connectivity index (χ3v) is 5.61. The smallest absolute Gasteiger partial charge is 0.199 e. The maximum atomic E-state index is 9.73. The molecule has 0 spiro atoms. The van der Waals surface area contributed by atoms with Crippen LogP contribution in [0.3, 0.4) is 0 Å². The van der Waals surface area contributed by atoms with Crippen molar-refractivity contribution in [1.29, 1.82) is 0 Å². The molecule has 0 atom stereocenters. The lowest BCUT2D eigenvalue weighted by Gasteiger charge is -2.32. The zero-order valence-electron chi connectivity index (χ0n) is 16.4. The summed E-state index contributed by atoms with van der Waals surface area (Å²) in [5, 5.41) is 13.9. The highest BCUT2D eigenvalue weighted by atomic mass is 35.5. The number of phenols is 1. The minimum absolute atomic E-state index is 0.259. The summed E-state index contributed by atoms with van der Waals surface area (Å²) in [5.74, 6) is 1.07.